The van der Waals surface area contributed by atoms with Gasteiger partial charge in [-0.05, 0) is 32.0 Å². The van der Waals surface area contributed by atoms with Crippen LogP contribution in [-0.4, -0.2) is 24.4 Å². The summed E-state index contributed by atoms with van der Waals surface area (Å²) in [5.74, 6) is 0.127. The van der Waals surface area contributed by atoms with Gasteiger partial charge in [0.05, 0.1) is 6.54 Å². The van der Waals surface area contributed by atoms with Gasteiger partial charge in [-0.3, -0.25) is 4.79 Å². The molecule has 0 saturated heterocycles. The van der Waals surface area contributed by atoms with Gasteiger partial charge in [0.25, 0.3) is 0 Å². The van der Waals surface area contributed by atoms with Crippen molar-refractivity contribution in [1.82, 2.24) is 10.3 Å². The zero-order valence-electron chi connectivity index (χ0n) is 9.85. The van der Waals surface area contributed by atoms with Crippen molar-refractivity contribution in [3.63, 3.8) is 0 Å². The first-order chi connectivity index (χ1) is 7.65. The summed E-state index contributed by atoms with van der Waals surface area (Å²) in [6.07, 6.45) is 1.81. The Kier molecular flexibility index (Phi) is 2.79. The maximum absolute atomic E-state index is 11.9. The zero-order valence-corrected chi connectivity index (χ0v) is 9.85. The topological polar surface area (TPSA) is 44.9 Å². The molecule has 84 valence electrons. The fraction of sp³-hybridized carbons (Fsp3) is 0.308. The molecule has 2 N–H and O–H groups in total. The molecule has 0 amide bonds. The highest BCUT2D eigenvalue weighted by atomic mass is 16.1. The summed E-state index contributed by atoms with van der Waals surface area (Å²) in [6.45, 7) is 4.46. The summed E-state index contributed by atoms with van der Waals surface area (Å²) in [5, 5.41) is 3.95. The quantitative estimate of drug-likeness (QED) is 0.772. The summed E-state index contributed by atoms with van der Waals surface area (Å²) < 4.78 is 0. The van der Waals surface area contributed by atoms with Crippen LogP contribution < -0.4 is 5.32 Å². The van der Waals surface area contributed by atoms with Gasteiger partial charge < -0.3 is 10.3 Å². The van der Waals surface area contributed by atoms with Crippen LogP contribution in [0.15, 0.2) is 18.3 Å². The van der Waals surface area contributed by atoms with Crippen LogP contribution in [0.2, 0.25) is 0 Å². The molecule has 3 heteroatoms. The maximum Gasteiger partial charge on any atom is 0.178 e. The Morgan fingerprint density at radius 1 is 1.31 bits per heavy atom. The Bertz CT molecular complexity index is 540. The van der Waals surface area contributed by atoms with Gasteiger partial charge in [0, 0.05) is 22.7 Å². The number of benzene rings is 1. The van der Waals surface area contributed by atoms with Gasteiger partial charge in [-0.15, -0.1) is 0 Å². The Morgan fingerprint density at radius 2 is 2.00 bits per heavy atom. The minimum atomic E-state index is 0.127. The average Bonchev–Trinajstić information content (AvgIpc) is 2.69. The van der Waals surface area contributed by atoms with Crippen molar-refractivity contribution in [3.05, 3.63) is 35.0 Å². The first kappa shape index (κ1) is 10.9. The predicted molar refractivity (Wildman–Crippen MR) is 66.0 cm³/mol. The Hall–Kier alpha value is -1.61. The average molecular weight is 216 g/mol. The number of carbonyl (C=O) groups excluding carboxylic acids is 1. The molecule has 0 spiro atoms. The van der Waals surface area contributed by atoms with Crippen LogP contribution in [-0.2, 0) is 0 Å². The molecule has 0 aliphatic rings. The number of ketones is 1. The number of carbonyl (C=O) groups is 1. The molecule has 0 aliphatic heterocycles. The van der Waals surface area contributed by atoms with Gasteiger partial charge in [-0.25, -0.2) is 0 Å². The summed E-state index contributed by atoms with van der Waals surface area (Å²) in [5.41, 5.74) is 4.16. The van der Waals surface area contributed by atoms with Crippen LogP contribution in [0.25, 0.3) is 10.9 Å². The van der Waals surface area contributed by atoms with Crippen molar-refractivity contribution in [2.75, 3.05) is 13.6 Å². The summed E-state index contributed by atoms with van der Waals surface area (Å²) in [7, 11) is 1.78. The van der Waals surface area contributed by atoms with Crippen LogP contribution in [0.5, 0.6) is 0 Å². The SMILES string of the molecule is CNCC(=O)c1c[nH]c2c(C)ccc(C)c12. The Balaban J connectivity index is 2.64. The van der Waals surface area contributed by atoms with E-state index in [0.717, 1.165) is 22.0 Å². The van der Waals surface area contributed by atoms with Crippen LogP contribution in [0.3, 0.4) is 0 Å². The number of hydrogen-bond acceptors (Lipinski definition) is 2. The number of aromatic nitrogens is 1. The number of rotatable bonds is 3. The third-order valence-corrected chi connectivity index (χ3v) is 2.89. The van der Waals surface area contributed by atoms with E-state index < -0.39 is 0 Å². The van der Waals surface area contributed by atoms with Crippen LogP contribution in [0.4, 0.5) is 0 Å². The van der Waals surface area contributed by atoms with E-state index >= 15 is 0 Å². The Labute approximate surface area is 94.9 Å². The molecule has 2 rings (SSSR count). The van der Waals surface area contributed by atoms with Crippen molar-refractivity contribution in [1.29, 1.82) is 0 Å². The van der Waals surface area contributed by atoms with E-state index in [2.05, 4.69) is 22.4 Å². The molecule has 0 radical (unpaired) electrons. The number of hydrogen-bond donors (Lipinski definition) is 2. The summed E-state index contributed by atoms with van der Waals surface area (Å²) >= 11 is 0. The van der Waals surface area contributed by atoms with Gasteiger partial charge in [0.1, 0.15) is 0 Å². The lowest BCUT2D eigenvalue weighted by atomic mass is 10.0. The molecule has 0 fully saturated rings. The number of H-pyrrole nitrogens is 1. The molecule has 0 atom stereocenters. The molecular weight excluding hydrogens is 200 g/mol. The molecule has 3 nitrogen and oxygen atoms in total. The molecule has 1 heterocycles. The minimum absolute atomic E-state index is 0.127. The summed E-state index contributed by atoms with van der Waals surface area (Å²) in [4.78, 5) is 15.1. The van der Waals surface area contributed by atoms with E-state index in [1.54, 1.807) is 7.05 Å². The number of Topliss-reactive ketones (excluding diaryl/α,β-unsaturated/α-hetero) is 1. The predicted octanol–water partition coefficient (Wildman–Crippen LogP) is 2.19. The molecule has 0 bridgehead atoms. The Morgan fingerprint density at radius 3 is 2.69 bits per heavy atom. The number of nitrogens with one attached hydrogen (secondary N) is 2. The smallest absolute Gasteiger partial charge is 0.178 e. The third kappa shape index (κ3) is 1.63. The molecule has 1 aromatic carbocycles. The first-order valence-electron chi connectivity index (χ1n) is 5.40. The molecule has 2 aromatic rings. The molecule has 0 saturated carbocycles. The van der Waals surface area contributed by atoms with Crippen molar-refractivity contribution in [2.24, 2.45) is 0 Å². The number of likely N-dealkylation sites (N-methyl/N-ethyl adjacent to an activating group) is 1. The van der Waals surface area contributed by atoms with E-state index in [4.69, 9.17) is 0 Å². The van der Waals surface area contributed by atoms with Crippen molar-refractivity contribution < 1.29 is 4.79 Å². The monoisotopic (exact) mass is 216 g/mol. The number of aromatic amines is 1. The van der Waals surface area contributed by atoms with Gasteiger partial charge >= 0.3 is 0 Å². The van der Waals surface area contributed by atoms with Crippen molar-refractivity contribution in [3.8, 4) is 0 Å². The number of fused-ring (bicyclic) bond motifs is 1. The van der Waals surface area contributed by atoms with E-state index in [9.17, 15) is 4.79 Å². The van der Waals surface area contributed by atoms with E-state index in [-0.39, 0.29) is 5.78 Å². The standard InChI is InChI=1S/C13H16N2O/c1-8-4-5-9(2)13-12(8)10(6-15-13)11(16)7-14-3/h4-6,14-15H,7H2,1-3H3. The molecular formula is C13H16N2O. The highest BCUT2D eigenvalue weighted by Crippen LogP contribution is 2.25. The lowest BCUT2D eigenvalue weighted by molar-refractivity contribution is 0.0995. The van der Waals surface area contributed by atoms with Gasteiger partial charge in [0.15, 0.2) is 5.78 Å². The van der Waals surface area contributed by atoms with Crippen molar-refractivity contribution >= 4 is 16.7 Å². The van der Waals surface area contributed by atoms with Gasteiger partial charge in [-0.1, -0.05) is 12.1 Å². The van der Waals surface area contributed by atoms with Gasteiger partial charge in [-0.2, -0.15) is 0 Å². The number of aryl methyl sites for hydroxylation is 2. The van der Waals surface area contributed by atoms with Crippen LogP contribution in [0.1, 0.15) is 21.5 Å². The lowest BCUT2D eigenvalue weighted by Gasteiger charge is -2.03. The lowest BCUT2D eigenvalue weighted by Crippen LogP contribution is -2.18. The highest BCUT2D eigenvalue weighted by molar-refractivity contribution is 6.10. The molecule has 16 heavy (non-hydrogen) atoms. The largest absolute Gasteiger partial charge is 0.360 e. The second-order valence-electron chi connectivity index (χ2n) is 4.11. The highest BCUT2D eigenvalue weighted by Gasteiger charge is 2.13. The molecule has 1 aromatic heterocycles. The first-order valence-corrected chi connectivity index (χ1v) is 5.40. The molecule has 0 unspecified atom stereocenters. The molecule has 0 aliphatic carbocycles. The third-order valence-electron chi connectivity index (χ3n) is 2.89. The van der Waals surface area contributed by atoms with Crippen LogP contribution in [0, 0.1) is 13.8 Å². The second-order valence-corrected chi connectivity index (χ2v) is 4.11. The van der Waals surface area contributed by atoms with Gasteiger partial charge in [0.2, 0.25) is 0 Å². The summed E-state index contributed by atoms with van der Waals surface area (Å²) in [6, 6.07) is 4.13. The van der Waals surface area contributed by atoms with E-state index in [1.165, 1.54) is 5.56 Å². The minimum Gasteiger partial charge on any atom is -0.360 e. The fourth-order valence-corrected chi connectivity index (χ4v) is 2.04. The van der Waals surface area contributed by atoms with Crippen molar-refractivity contribution in [2.45, 2.75) is 13.8 Å². The van der Waals surface area contributed by atoms with Crippen LogP contribution >= 0.6 is 0 Å². The zero-order chi connectivity index (χ0) is 11.7. The normalized spacial score (nSPS) is 10.9. The van der Waals surface area contributed by atoms with E-state index in [0.29, 0.717) is 6.54 Å². The maximum atomic E-state index is 11.9. The fourth-order valence-electron chi connectivity index (χ4n) is 2.04. The second kappa shape index (κ2) is 4.10. The van der Waals surface area contributed by atoms with E-state index in [1.807, 2.05) is 20.0 Å².